The average Bonchev–Trinajstić information content (AvgIpc) is 2.34. The zero-order chi connectivity index (χ0) is 13.5. The maximum absolute atomic E-state index is 9.45. The van der Waals surface area contributed by atoms with Gasteiger partial charge in [-0.3, -0.25) is 0 Å². The Hall–Kier alpha value is -0.900. The molecule has 0 aromatic heterocycles. The van der Waals surface area contributed by atoms with Gasteiger partial charge in [-0.15, -0.1) is 0 Å². The lowest BCUT2D eigenvalue weighted by Crippen LogP contribution is -2.31. The average molecular weight is 250 g/mol. The minimum Gasteiger partial charge on any atom is -0.394 e. The predicted octanol–water partition coefficient (Wildman–Crippen LogP) is 1.99. The maximum atomic E-state index is 9.45. The molecule has 1 unspecified atom stereocenters. The second kappa shape index (κ2) is 7.52. The van der Waals surface area contributed by atoms with E-state index in [1.165, 1.54) is 5.56 Å². The Kier molecular flexibility index (Phi) is 6.33. The second-order valence-corrected chi connectivity index (χ2v) is 5.31. The Morgan fingerprint density at radius 2 is 1.67 bits per heavy atom. The first-order valence-corrected chi connectivity index (χ1v) is 6.63. The van der Waals surface area contributed by atoms with E-state index in [1.807, 2.05) is 14.1 Å². The van der Waals surface area contributed by atoms with Crippen molar-refractivity contribution >= 4 is 0 Å². The van der Waals surface area contributed by atoms with E-state index in [-0.39, 0.29) is 12.6 Å². The molecule has 18 heavy (non-hydrogen) atoms. The van der Waals surface area contributed by atoms with Crippen molar-refractivity contribution in [3.8, 4) is 0 Å². The van der Waals surface area contributed by atoms with Gasteiger partial charge in [0.25, 0.3) is 0 Å². The molecular weight excluding hydrogens is 224 g/mol. The SMILES string of the molecule is CC(C)c1ccc(C(CO)NCCN(C)C)cc1. The molecule has 0 aliphatic rings. The number of nitrogens with zero attached hydrogens (tertiary/aromatic N) is 1. The van der Waals surface area contributed by atoms with Crippen LogP contribution >= 0.6 is 0 Å². The molecule has 0 saturated heterocycles. The molecule has 0 bridgehead atoms. The number of aliphatic hydroxyl groups is 1. The summed E-state index contributed by atoms with van der Waals surface area (Å²) in [5.41, 5.74) is 2.49. The molecule has 102 valence electrons. The summed E-state index contributed by atoms with van der Waals surface area (Å²) in [5.74, 6) is 0.549. The molecule has 0 heterocycles. The maximum Gasteiger partial charge on any atom is 0.0626 e. The van der Waals surface area contributed by atoms with Gasteiger partial charge in [-0.25, -0.2) is 0 Å². The van der Waals surface area contributed by atoms with Gasteiger partial charge in [0.1, 0.15) is 0 Å². The van der Waals surface area contributed by atoms with E-state index in [0.717, 1.165) is 18.7 Å². The Labute approximate surface area is 111 Å². The van der Waals surface area contributed by atoms with E-state index in [1.54, 1.807) is 0 Å². The molecular formula is C15H26N2O. The predicted molar refractivity (Wildman–Crippen MR) is 76.9 cm³/mol. The van der Waals surface area contributed by atoms with Gasteiger partial charge < -0.3 is 15.3 Å². The fourth-order valence-corrected chi connectivity index (χ4v) is 1.86. The molecule has 1 aromatic rings. The van der Waals surface area contributed by atoms with Gasteiger partial charge in [0.2, 0.25) is 0 Å². The molecule has 3 heteroatoms. The summed E-state index contributed by atoms with van der Waals surface area (Å²) in [7, 11) is 4.10. The van der Waals surface area contributed by atoms with Crippen LogP contribution in [0, 0.1) is 0 Å². The largest absolute Gasteiger partial charge is 0.394 e. The summed E-state index contributed by atoms with van der Waals surface area (Å²) in [6.07, 6.45) is 0. The van der Waals surface area contributed by atoms with E-state index in [0.29, 0.717) is 5.92 Å². The van der Waals surface area contributed by atoms with Crippen LogP contribution in [0.25, 0.3) is 0 Å². The number of likely N-dealkylation sites (N-methyl/N-ethyl adjacent to an activating group) is 1. The van der Waals surface area contributed by atoms with Gasteiger partial charge in [0.15, 0.2) is 0 Å². The van der Waals surface area contributed by atoms with Crippen molar-refractivity contribution in [1.29, 1.82) is 0 Å². The number of nitrogens with one attached hydrogen (secondary N) is 1. The van der Waals surface area contributed by atoms with Crippen molar-refractivity contribution in [2.75, 3.05) is 33.8 Å². The monoisotopic (exact) mass is 250 g/mol. The molecule has 0 spiro atoms. The van der Waals surface area contributed by atoms with E-state index in [2.05, 4.69) is 48.3 Å². The third-order valence-corrected chi connectivity index (χ3v) is 3.14. The Morgan fingerprint density at radius 3 is 2.11 bits per heavy atom. The van der Waals surface area contributed by atoms with Gasteiger partial charge in [-0.05, 0) is 31.1 Å². The van der Waals surface area contributed by atoms with Crippen molar-refractivity contribution in [2.45, 2.75) is 25.8 Å². The highest BCUT2D eigenvalue weighted by molar-refractivity contribution is 5.26. The lowest BCUT2D eigenvalue weighted by molar-refractivity contribution is 0.240. The number of rotatable bonds is 7. The topological polar surface area (TPSA) is 35.5 Å². The fourth-order valence-electron chi connectivity index (χ4n) is 1.86. The Balaban J connectivity index is 2.58. The van der Waals surface area contributed by atoms with Crippen LogP contribution in [0.15, 0.2) is 24.3 Å². The molecule has 0 aliphatic heterocycles. The number of aliphatic hydroxyl groups excluding tert-OH is 1. The normalized spacial score (nSPS) is 13.3. The van der Waals surface area contributed by atoms with Crippen LogP contribution in [0.2, 0.25) is 0 Å². The van der Waals surface area contributed by atoms with Crippen LogP contribution < -0.4 is 5.32 Å². The Morgan fingerprint density at radius 1 is 1.11 bits per heavy atom. The van der Waals surface area contributed by atoms with Crippen LogP contribution in [-0.2, 0) is 0 Å². The van der Waals surface area contributed by atoms with Crippen molar-refractivity contribution in [2.24, 2.45) is 0 Å². The second-order valence-electron chi connectivity index (χ2n) is 5.31. The lowest BCUT2D eigenvalue weighted by atomic mass is 9.99. The third-order valence-electron chi connectivity index (χ3n) is 3.14. The molecule has 0 saturated carbocycles. The molecule has 1 aromatic carbocycles. The summed E-state index contributed by atoms with van der Waals surface area (Å²) in [4.78, 5) is 2.13. The first-order valence-electron chi connectivity index (χ1n) is 6.63. The number of benzene rings is 1. The molecule has 2 N–H and O–H groups in total. The van der Waals surface area contributed by atoms with Gasteiger partial charge >= 0.3 is 0 Å². The van der Waals surface area contributed by atoms with Gasteiger partial charge in [-0.2, -0.15) is 0 Å². The quantitative estimate of drug-likeness (QED) is 0.777. The van der Waals surface area contributed by atoms with E-state index in [4.69, 9.17) is 0 Å². The van der Waals surface area contributed by atoms with Crippen LogP contribution in [0.3, 0.4) is 0 Å². The summed E-state index contributed by atoms with van der Waals surface area (Å²) in [6.45, 7) is 6.36. The fraction of sp³-hybridized carbons (Fsp3) is 0.600. The molecule has 0 radical (unpaired) electrons. The van der Waals surface area contributed by atoms with E-state index >= 15 is 0 Å². The summed E-state index contributed by atoms with van der Waals surface area (Å²) in [6, 6.07) is 8.55. The highest BCUT2D eigenvalue weighted by Gasteiger charge is 2.09. The van der Waals surface area contributed by atoms with Gasteiger partial charge in [0, 0.05) is 13.1 Å². The standard InChI is InChI=1S/C15H26N2O/c1-12(2)13-5-7-14(8-6-13)15(11-18)16-9-10-17(3)4/h5-8,12,15-16,18H,9-11H2,1-4H3. The molecule has 1 rings (SSSR count). The summed E-state index contributed by atoms with van der Waals surface area (Å²) >= 11 is 0. The third kappa shape index (κ3) is 4.77. The first kappa shape index (κ1) is 15.2. The summed E-state index contributed by atoms with van der Waals surface area (Å²) in [5, 5.41) is 12.8. The minimum atomic E-state index is 0.0335. The number of hydrogen-bond donors (Lipinski definition) is 2. The van der Waals surface area contributed by atoms with E-state index < -0.39 is 0 Å². The van der Waals surface area contributed by atoms with Crippen molar-refractivity contribution < 1.29 is 5.11 Å². The zero-order valence-corrected chi connectivity index (χ0v) is 12.0. The molecule has 0 aliphatic carbocycles. The van der Waals surface area contributed by atoms with Crippen LogP contribution in [-0.4, -0.2) is 43.8 Å². The molecule has 3 nitrogen and oxygen atoms in total. The summed E-state index contributed by atoms with van der Waals surface area (Å²) < 4.78 is 0. The van der Waals surface area contributed by atoms with Crippen molar-refractivity contribution in [3.63, 3.8) is 0 Å². The van der Waals surface area contributed by atoms with Gasteiger partial charge in [0.05, 0.1) is 12.6 Å². The van der Waals surface area contributed by atoms with Crippen molar-refractivity contribution in [1.82, 2.24) is 10.2 Å². The zero-order valence-electron chi connectivity index (χ0n) is 12.0. The van der Waals surface area contributed by atoms with Crippen LogP contribution in [0.1, 0.15) is 36.9 Å². The van der Waals surface area contributed by atoms with E-state index in [9.17, 15) is 5.11 Å². The van der Waals surface area contributed by atoms with Crippen LogP contribution in [0.4, 0.5) is 0 Å². The Bertz CT molecular complexity index is 333. The van der Waals surface area contributed by atoms with Crippen molar-refractivity contribution in [3.05, 3.63) is 35.4 Å². The highest BCUT2D eigenvalue weighted by atomic mass is 16.3. The molecule has 1 atom stereocenters. The first-order chi connectivity index (χ1) is 8.54. The molecule has 0 fully saturated rings. The highest BCUT2D eigenvalue weighted by Crippen LogP contribution is 2.18. The van der Waals surface area contributed by atoms with Crippen LogP contribution in [0.5, 0.6) is 0 Å². The minimum absolute atomic E-state index is 0.0335. The molecule has 0 amide bonds. The lowest BCUT2D eigenvalue weighted by Gasteiger charge is -2.19. The smallest absolute Gasteiger partial charge is 0.0626 e. The van der Waals surface area contributed by atoms with Gasteiger partial charge in [-0.1, -0.05) is 38.1 Å². The number of hydrogen-bond acceptors (Lipinski definition) is 3.